The van der Waals surface area contributed by atoms with Crippen LogP contribution in [0, 0.1) is 11.6 Å². The SMILES string of the molecule is C[C@@H](NC(=O)c1cc(C2CC2)nn1-c1ccccc1)c1ccc(F)cc1F. The molecule has 0 bridgehead atoms. The molecule has 1 heterocycles. The van der Waals surface area contributed by atoms with E-state index in [1.165, 1.54) is 12.1 Å². The summed E-state index contributed by atoms with van der Waals surface area (Å²) < 4.78 is 28.8. The summed E-state index contributed by atoms with van der Waals surface area (Å²) in [6.07, 6.45) is 2.15. The Bertz CT molecular complexity index is 980. The number of carbonyl (C=O) groups is 1. The average molecular weight is 367 g/mol. The Morgan fingerprint density at radius 2 is 1.89 bits per heavy atom. The van der Waals surface area contributed by atoms with E-state index in [9.17, 15) is 13.6 Å². The summed E-state index contributed by atoms with van der Waals surface area (Å²) in [6.45, 7) is 1.67. The summed E-state index contributed by atoms with van der Waals surface area (Å²) >= 11 is 0. The van der Waals surface area contributed by atoms with Gasteiger partial charge in [-0.1, -0.05) is 24.3 Å². The van der Waals surface area contributed by atoms with Crippen LogP contribution in [0.3, 0.4) is 0 Å². The van der Waals surface area contributed by atoms with Crippen molar-refractivity contribution in [3.05, 3.63) is 83.2 Å². The van der Waals surface area contributed by atoms with Crippen LogP contribution in [0.25, 0.3) is 5.69 Å². The summed E-state index contributed by atoms with van der Waals surface area (Å²) in [4.78, 5) is 12.9. The van der Waals surface area contributed by atoms with Gasteiger partial charge in [0.2, 0.25) is 0 Å². The molecule has 1 amide bonds. The van der Waals surface area contributed by atoms with Gasteiger partial charge in [-0.05, 0) is 44.0 Å². The molecule has 2 aromatic carbocycles. The van der Waals surface area contributed by atoms with Crippen molar-refractivity contribution in [3.63, 3.8) is 0 Å². The summed E-state index contributed by atoms with van der Waals surface area (Å²) in [5.74, 6) is -1.29. The van der Waals surface area contributed by atoms with E-state index >= 15 is 0 Å². The molecule has 1 fully saturated rings. The van der Waals surface area contributed by atoms with E-state index in [0.29, 0.717) is 11.6 Å². The summed E-state index contributed by atoms with van der Waals surface area (Å²) in [5, 5.41) is 7.40. The van der Waals surface area contributed by atoms with Crippen molar-refractivity contribution in [2.75, 3.05) is 0 Å². The molecule has 6 heteroatoms. The highest BCUT2D eigenvalue weighted by Crippen LogP contribution is 2.39. The van der Waals surface area contributed by atoms with Crippen LogP contribution in [0.5, 0.6) is 0 Å². The van der Waals surface area contributed by atoms with Crippen LogP contribution in [0.15, 0.2) is 54.6 Å². The molecule has 138 valence electrons. The molecule has 0 unspecified atom stereocenters. The van der Waals surface area contributed by atoms with E-state index in [1.54, 1.807) is 17.7 Å². The normalized spacial score (nSPS) is 14.8. The first kappa shape index (κ1) is 17.4. The Hall–Kier alpha value is -3.02. The van der Waals surface area contributed by atoms with Gasteiger partial charge >= 0.3 is 0 Å². The van der Waals surface area contributed by atoms with Gasteiger partial charge in [0, 0.05) is 17.5 Å². The molecular weight excluding hydrogens is 348 g/mol. The molecule has 27 heavy (non-hydrogen) atoms. The van der Waals surface area contributed by atoms with Gasteiger partial charge in [-0.3, -0.25) is 4.79 Å². The third-order valence-corrected chi connectivity index (χ3v) is 4.73. The van der Waals surface area contributed by atoms with Gasteiger partial charge in [-0.2, -0.15) is 5.10 Å². The first-order valence-electron chi connectivity index (χ1n) is 8.94. The Balaban J connectivity index is 1.63. The van der Waals surface area contributed by atoms with Gasteiger partial charge in [0.15, 0.2) is 0 Å². The first-order chi connectivity index (χ1) is 13.0. The minimum Gasteiger partial charge on any atom is -0.344 e. The molecule has 1 aliphatic rings. The number of halogens is 2. The lowest BCUT2D eigenvalue weighted by atomic mass is 10.1. The van der Waals surface area contributed by atoms with Crippen molar-refractivity contribution < 1.29 is 13.6 Å². The fraction of sp³-hybridized carbons (Fsp3) is 0.238. The number of nitrogens with one attached hydrogen (secondary N) is 1. The number of carbonyl (C=O) groups excluding carboxylic acids is 1. The molecule has 1 atom stereocenters. The first-order valence-corrected chi connectivity index (χ1v) is 8.94. The Morgan fingerprint density at radius 1 is 1.15 bits per heavy atom. The number of rotatable bonds is 5. The quantitative estimate of drug-likeness (QED) is 0.721. The fourth-order valence-corrected chi connectivity index (χ4v) is 3.11. The van der Waals surface area contributed by atoms with E-state index in [-0.39, 0.29) is 11.5 Å². The molecule has 0 radical (unpaired) electrons. The van der Waals surface area contributed by atoms with E-state index in [2.05, 4.69) is 10.4 Å². The number of para-hydroxylation sites is 1. The molecule has 0 aliphatic heterocycles. The molecule has 0 spiro atoms. The van der Waals surface area contributed by atoms with E-state index in [4.69, 9.17) is 0 Å². The van der Waals surface area contributed by atoms with Crippen molar-refractivity contribution in [1.82, 2.24) is 15.1 Å². The smallest absolute Gasteiger partial charge is 0.270 e. The standard InChI is InChI=1S/C21H19F2N3O/c1-13(17-10-9-15(22)11-18(17)23)24-21(27)20-12-19(14-7-8-14)25-26(20)16-5-3-2-4-6-16/h2-6,9-14H,7-8H2,1H3,(H,24,27)/t13-/m1/s1. The largest absolute Gasteiger partial charge is 0.344 e. The Labute approximate surface area is 155 Å². The summed E-state index contributed by atoms with van der Waals surface area (Å²) in [5.41, 5.74) is 2.31. The lowest BCUT2D eigenvalue weighted by Crippen LogP contribution is -2.29. The lowest BCUT2D eigenvalue weighted by molar-refractivity contribution is 0.0931. The highest BCUT2D eigenvalue weighted by atomic mass is 19.1. The third-order valence-electron chi connectivity index (χ3n) is 4.73. The number of hydrogen-bond acceptors (Lipinski definition) is 2. The topological polar surface area (TPSA) is 46.9 Å². The molecule has 1 saturated carbocycles. The Morgan fingerprint density at radius 3 is 2.56 bits per heavy atom. The maximum Gasteiger partial charge on any atom is 0.270 e. The van der Waals surface area contributed by atoms with Gasteiger partial charge in [0.1, 0.15) is 17.3 Å². The minimum atomic E-state index is -0.682. The monoisotopic (exact) mass is 367 g/mol. The van der Waals surface area contributed by atoms with Crippen molar-refractivity contribution in [2.24, 2.45) is 0 Å². The van der Waals surface area contributed by atoms with Crippen molar-refractivity contribution in [3.8, 4) is 5.69 Å². The molecular formula is C21H19F2N3O. The van der Waals surface area contributed by atoms with Crippen LogP contribution in [0.1, 0.15) is 53.5 Å². The van der Waals surface area contributed by atoms with Gasteiger partial charge in [-0.15, -0.1) is 0 Å². The molecule has 1 aliphatic carbocycles. The van der Waals surface area contributed by atoms with E-state index in [1.807, 2.05) is 30.3 Å². The number of aromatic nitrogens is 2. The van der Waals surface area contributed by atoms with Crippen molar-refractivity contribution >= 4 is 5.91 Å². The molecule has 0 saturated heterocycles. The zero-order chi connectivity index (χ0) is 19.0. The second kappa shape index (κ2) is 6.95. The number of amides is 1. The second-order valence-corrected chi connectivity index (χ2v) is 6.84. The lowest BCUT2D eigenvalue weighted by Gasteiger charge is -2.15. The van der Waals surface area contributed by atoms with Gasteiger partial charge in [-0.25, -0.2) is 13.5 Å². The fourth-order valence-electron chi connectivity index (χ4n) is 3.11. The van der Waals surface area contributed by atoms with Crippen LogP contribution >= 0.6 is 0 Å². The molecule has 1 aromatic heterocycles. The maximum atomic E-state index is 14.0. The van der Waals surface area contributed by atoms with Crippen LogP contribution in [-0.4, -0.2) is 15.7 Å². The van der Waals surface area contributed by atoms with Crippen molar-refractivity contribution in [1.29, 1.82) is 0 Å². The average Bonchev–Trinajstić information content (AvgIpc) is 3.40. The second-order valence-electron chi connectivity index (χ2n) is 6.84. The van der Waals surface area contributed by atoms with Crippen molar-refractivity contribution in [2.45, 2.75) is 31.7 Å². The molecule has 4 nitrogen and oxygen atoms in total. The van der Waals surface area contributed by atoms with Gasteiger partial charge in [0.05, 0.1) is 17.4 Å². The van der Waals surface area contributed by atoms with Crippen LogP contribution in [0.2, 0.25) is 0 Å². The van der Waals surface area contributed by atoms with E-state index < -0.39 is 17.7 Å². The van der Waals surface area contributed by atoms with Gasteiger partial charge < -0.3 is 5.32 Å². The third kappa shape index (κ3) is 3.60. The maximum absolute atomic E-state index is 14.0. The predicted octanol–water partition coefficient (Wildman–Crippen LogP) is 4.52. The predicted molar refractivity (Wildman–Crippen MR) is 97.8 cm³/mol. The molecule has 3 aromatic rings. The Kier molecular flexibility index (Phi) is 4.48. The number of benzene rings is 2. The molecule has 4 rings (SSSR count). The highest BCUT2D eigenvalue weighted by Gasteiger charge is 2.29. The van der Waals surface area contributed by atoms with Gasteiger partial charge in [0.25, 0.3) is 5.91 Å². The summed E-state index contributed by atoms with van der Waals surface area (Å²) in [6, 6.07) is 14.0. The highest BCUT2D eigenvalue weighted by molar-refractivity contribution is 5.93. The molecule has 1 N–H and O–H groups in total. The minimum absolute atomic E-state index is 0.234. The number of hydrogen-bond donors (Lipinski definition) is 1. The van der Waals surface area contributed by atoms with E-state index in [0.717, 1.165) is 30.3 Å². The van der Waals surface area contributed by atoms with Crippen LogP contribution < -0.4 is 5.32 Å². The number of nitrogens with zero attached hydrogens (tertiary/aromatic N) is 2. The zero-order valence-electron chi connectivity index (χ0n) is 14.8. The van der Waals surface area contributed by atoms with Crippen LogP contribution in [-0.2, 0) is 0 Å². The summed E-state index contributed by atoms with van der Waals surface area (Å²) in [7, 11) is 0. The zero-order valence-corrected chi connectivity index (χ0v) is 14.8. The van der Waals surface area contributed by atoms with Crippen LogP contribution in [0.4, 0.5) is 8.78 Å².